The number of anilines is 3. The molecule has 2 heterocycles. The van der Waals surface area contributed by atoms with Crippen molar-refractivity contribution in [2.24, 2.45) is 0 Å². The largest absolute Gasteiger partial charge is 0.456 e. The zero-order valence-corrected chi connectivity index (χ0v) is 28.7. The molecule has 0 atom stereocenters. The number of hydrogen-bond donors (Lipinski definition) is 0. The van der Waals surface area contributed by atoms with Gasteiger partial charge in [-0.25, -0.2) is 0 Å². The predicted molar refractivity (Wildman–Crippen MR) is 222 cm³/mol. The fourth-order valence-corrected chi connectivity index (χ4v) is 8.26. The average molecular weight is 678 g/mol. The van der Waals surface area contributed by atoms with Gasteiger partial charge in [-0.15, -0.1) is 0 Å². The highest BCUT2D eigenvalue weighted by atomic mass is 16.3. The van der Waals surface area contributed by atoms with Gasteiger partial charge in [-0.2, -0.15) is 0 Å². The summed E-state index contributed by atoms with van der Waals surface area (Å²) in [4.78, 5) is 2.35. The van der Waals surface area contributed by atoms with Gasteiger partial charge in [0.1, 0.15) is 22.3 Å². The Bertz CT molecular complexity index is 3170. The number of nitrogens with zero attached hydrogens (tertiary/aromatic N) is 1. The number of rotatable bonds is 5. The van der Waals surface area contributed by atoms with E-state index in [1.54, 1.807) is 0 Å². The lowest BCUT2D eigenvalue weighted by Crippen LogP contribution is -2.10. The third kappa shape index (κ3) is 4.68. The fraction of sp³-hybridized carbons (Fsp3) is 0. The van der Waals surface area contributed by atoms with Crippen LogP contribution in [0.1, 0.15) is 0 Å². The van der Waals surface area contributed by atoms with E-state index < -0.39 is 0 Å². The zero-order valence-electron chi connectivity index (χ0n) is 28.7. The Kier molecular flexibility index (Phi) is 6.55. The van der Waals surface area contributed by atoms with Crippen LogP contribution < -0.4 is 4.90 Å². The molecular formula is C50H31NO2. The van der Waals surface area contributed by atoms with Gasteiger partial charge < -0.3 is 13.7 Å². The van der Waals surface area contributed by atoms with Crippen molar-refractivity contribution in [2.75, 3.05) is 4.90 Å². The highest BCUT2D eigenvalue weighted by molar-refractivity contribution is 6.15. The standard InChI is InChI=1S/C50H31NO2/c1-2-12-37-34(11-1)31-43(40-14-4-3-13-39(37)40)33-25-29-36(30-26-33)51(44-18-10-22-48-50(44)42-16-6-8-20-46(42)53-48)35-27-23-32(24-28-35)38-17-9-21-47-49(38)41-15-5-7-19-45(41)52-47/h1-31H. The number of para-hydroxylation sites is 2. The summed E-state index contributed by atoms with van der Waals surface area (Å²) in [5.74, 6) is 0. The van der Waals surface area contributed by atoms with Gasteiger partial charge in [0.15, 0.2) is 0 Å². The SMILES string of the molecule is c1ccc2c(c1)cc(-c1ccc(N(c3ccc(-c4cccc5oc6ccccc6c45)cc3)c3cccc4oc5ccccc5c34)cc1)c1ccccc12. The van der Waals surface area contributed by atoms with Gasteiger partial charge in [-0.3, -0.25) is 0 Å². The Morgan fingerprint density at radius 3 is 1.49 bits per heavy atom. The van der Waals surface area contributed by atoms with E-state index in [0.717, 1.165) is 72.1 Å². The van der Waals surface area contributed by atoms with Crippen molar-refractivity contribution in [2.45, 2.75) is 0 Å². The second-order valence-corrected chi connectivity index (χ2v) is 13.6. The van der Waals surface area contributed by atoms with Crippen LogP contribution in [0, 0.1) is 0 Å². The summed E-state index contributed by atoms with van der Waals surface area (Å²) >= 11 is 0. The van der Waals surface area contributed by atoms with Gasteiger partial charge in [0.05, 0.1) is 11.1 Å². The molecule has 11 rings (SSSR count). The number of hydrogen-bond acceptors (Lipinski definition) is 3. The molecule has 0 fully saturated rings. The van der Waals surface area contributed by atoms with Crippen LogP contribution >= 0.6 is 0 Å². The molecule has 0 aliphatic rings. The zero-order chi connectivity index (χ0) is 34.9. The second-order valence-electron chi connectivity index (χ2n) is 13.6. The molecule has 0 aliphatic carbocycles. The minimum atomic E-state index is 0.864. The van der Waals surface area contributed by atoms with Gasteiger partial charge in [-0.05, 0) is 104 Å². The van der Waals surface area contributed by atoms with E-state index in [4.69, 9.17) is 8.83 Å². The van der Waals surface area contributed by atoms with Crippen molar-refractivity contribution < 1.29 is 8.83 Å². The maximum Gasteiger partial charge on any atom is 0.137 e. The molecule has 0 spiro atoms. The topological polar surface area (TPSA) is 29.5 Å². The lowest BCUT2D eigenvalue weighted by Gasteiger charge is -2.27. The van der Waals surface area contributed by atoms with Gasteiger partial charge in [-0.1, -0.05) is 127 Å². The summed E-state index contributed by atoms with van der Waals surface area (Å²) in [6, 6.07) is 66.8. The average Bonchev–Trinajstić information content (AvgIpc) is 3.80. The molecule has 0 saturated carbocycles. The predicted octanol–water partition coefficient (Wildman–Crippen LogP) is 14.6. The lowest BCUT2D eigenvalue weighted by molar-refractivity contribution is 0.668. The minimum absolute atomic E-state index is 0.864. The van der Waals surface area contributed by atoms with Crippen molar-refractivity contribution in [1.82, 2.24) is 0 Å². The van der Waals surface area contributed by atoms with E-state index in [1.807, 2.05) is 24.3 Å². The van der Waals surface area contributed by atoms with Crippen molar-refractivity contribution >= 4 is 82.5 Å². The molecule has 0 N–H and O–H groups in total. The first-order chi connectivity index (χ1) is 26.3. The van der Waals surface area contributed by atoms with Crippen LogP contribution in [0.25, 0.3) is 87.7 Å². The number of furan rings is 2. The molecule has 11 aromatic rings. The summed E-state index contributed by atoms with van der Waals surface area (Å²) in [7, 11) is 0. The molecule has 2 aromatic heterocycles. The van der Waals surface area contributed by atoms with Gasteiger partial charge in [0, 0.05) is 27.5 Å². The molecule has 0 amide bonds. The first-order valence-electron chi connectivity index (χ1n) is 18.0. The maximum atomic E-state index is 6.38. The monoisotopic (exact) mass is 677 g/mol. The molecular weight excluding hydrogens is 647 g/mol. The summed E-state index contributed by atoms with van der Waals surface area (Å²) in [5.41, 5.74) is 11.4. The van der Waals surface area contributed by atoms with E-state index in [0.29, 0.717) is 0 Å². The Hall–Kier alpha value is -7.10. The second kappa shape index (κ2) is 11.7. The highest BCUT2D eigenvalue weighted by Gasteiger charge is 2.20. The van der Waals surface area contributed by atoms with Crippen molar-refractivity contribution in [1.29, 1.82) is 0 Å². The quantitative estimate of drug-likeness (QED) is 0.170. The maximum absolute atomic E-state index is 6.38. The van der Waals surface area contributed by atoms with E-state index in [9.17, 15) is 0 Å². The van der Waals surface area contributed by atoms with Gasteiger partial charge in [0.2, 0.25) is 0 Å². The van der Waals surface area contributed by atoms with Crippen LogP contribution in [0.2, 0.25) is 0 Å². The first kappa shape index (κ1) is 29.6. The normalized spacial score (nSPS) is 11.8. The van der Waals surface area contributed by atoms with Gasteiger partial charge >= 0.3 is 0 Å². The third-order valence-corrected chi connectivity index (χ3v) is 10.7. The van der Waals surface area contributed by atoms with Crippen LogP contribution in [0.4, 0.5) is 17.1 Å². The molecule has 0 radical (unpaired) electrons. The molecule has 3 heteroatoms. The summed E-state index contributed by atoms with van der Waals surface area (Å²) in [6.07, 6.45) is 0. The molecule has 53 heavy (non-hydrogen) atoms. The fourth-order valence-electron chi connectivity index (χ4n) is 8.26. The number of benzene rings is 9. The Morgan fingerprint density at radius 2 is 0.811 bits per heavy atom. The molecule has 0 aliphatic heterocycles. The first-order valence-corrected chi connectivity index (χ1v) is 18.0. The Labute approximate surface area is 305 Å². The number of fused-ring (bicyclic) bond motifs is 9. The van der Waals surface area contributed by atoms with Crippen LogP contribution in [0.3, 0.4) is 0 Å². The van der Waals surface area contributed by atoms with Crippen molar-refractivity contribution in [3.05, 3.63) is 188 Å². The molecule has 3 nitrogen and oxygen atoms in total. The van der Waals surface area contributed by atoms with Gasteiger partial charge in [0.25, 0.3) is 0 Å². The molecule has 248 valence electrons. The van der Waals surface area contributed by atoms with E-state index >= 15 is 0 Å². The van der Waals surface area contributed by atoms with E-state index in [2.05, 4.69) is 169 Å². The van der Waals surface area contributed by atoms with Crippen LogP contribution in [0.15, 0.2) is 197 Å². The van der Waals surface area contributed by atoms with E-state index in [-0.39, 0.29) is 0 Å². The minimum Gasteiger partial charge on any atom is -0.456 e. The van der Waals surface area contributed by atoms with Crippen LogP contribution in [-0.4, -0.2) is 0 Å². The Balaban J connectivity index is 1.08. The summed E-state index contributed by atoms with van der Waals surface area (Å²) in [6.45, 7) is 0. The molecule has 0 saturated heterocycles. The smallest absolute Gasteiger partial charge is 0.137 e. The van der Waals surface area contributed by atoms with Crippen molar-refractivity contribution in [3.63, 3.8) is 0 Å². The molecule has 0 bridgehead atoms. The molecule has 0 unspecified atom stereocenters. The Morgan fingerprint density at radius 1 is 0.321 bits per heavy atom. The molecule has 9 aromatic carbocycles. The lowest BCUT2D eigenvalue weighted by atomic mass is 9.93. The van der Waals surface area contributed by atoms with Crippen LogP contribution in [-0.2, 0) is 0 Å². The summed E-state index contributed by atoms with van der Waals surface area (Å²) < 4.78 is 12.6. The van der Waals surface area contributed by atoms with E-state index in [1.165, 1.54) is 32.7 Å². The third-order valence-electron chi connectivity index (χ3n) is 10.7. The van der Waals surface area contributed by atoms with Crippen molar-refractivity contribution in [3.8, 4) is 22.3 Å². The van der Waals surface area contributed by atoms with Crippen LogP contribution in [0.5, 0.6) is 0 Å². The highest BCUT2D eigenvalue weighted by Crippen LogP contribution is 2.45. The summed E-state index contributed by atoms with van der Waals surface area (Å²) in [5, 5.41) is 9.48.